The van der Waals surface area contributed by atoms with Gasteiger partial charge in [-0.2, -0.15) is 5.10 Å². The van der Waals surface area contributed by atoms with Crippen molar-refractivity contribution in [3.05, 3.63) is 87.2 Å². The van der Waals surface area contributed by atoms with Crippen LogP contribution in [-0.4, -0.2) is 27.2 Å². The number of nitro groups is 1. The molecule has 2 aromatic carbocycles. The van der Waals surface area contributed by atoms with Crippen LogP contribution in [-0.2, 0) is 6.42 Å². The second kappa shape index (κ2) is 7.79. The minimum absolute atomic E-state index is 0.0496. The predicted molar refractivity (Wildman–Crippen MR) is 97.7 cm³/mol. The van der Waals surface area contributed by atoms with Crippen molar-refractivity contribution >= 4 is 23.2 Å². The van der Waals surface area contributed by atoms with Gasteiger partial charge in [0.2, 0.25) is 0 Å². The molecule has 3 rings (SSSR count). The molecule has 0 aliphatic carbocycles. The Morgan fingerprint density at radius 3 is 2.69 bits per heavy atom. The third kappa shape index (κ3) is 4.07. The minimum Gasteiger partial charge on any atom is -0.352 e. The molecule has 26 heavy (non-hydrogen) atoms. The number of nitrogens with one attached hydrogen (secondary N) is 1. The van der Waals surface area contributed by atoms with Gasteiger partial charge in [0.15, 0.2) is 0 Å². The highest BCUT2D eigenvalue weighted by Crippen LogP contribution is 2.22. The first-order valence-electron chi connectivity index (χ1n) is 7.86. The lowest BCUT2D eigenvalue weighted by Crippen LogP contribution is -2.25. The smallest absolute Gasteiger partial charge is 0.270 e. The van der Waals surface area contributed by atoms with Crippen molar-refractivity contribution in [2.75, 3.05) is 6.54 Å². The Kier molecular flexibility index (Phi) is 5.28. The zero-order valence-corrected chi connectivity index (χ0v) is 14.4. The Hall–Kier alpha value is -3.19. The van der Waals surface area contributed by atoms with Gasteiger partial charge in [-0.15, -0.1) is 0 Å². The number of rotatable bonds is 6. The van der Waals surface area contributed by atoms with Crippen molar-refractivity contribution in [3.8, 4) is 5.69 Å². The molecule has 1 heterocycles. The number of carbonyl (C=O) groups excluding carboxylic acids is 1. The molecular weight excluding hydrogens is 356 g/mol. The number of carbonyl (C=O) groups is 1. The van der Waals surface area contributed by atoms with E-state index in [1.165, 1.54) is 18.2 Å². The quantitative estimate of drug-likeness (QED) is 0.531. The van der Waals surface area contributed by atoms with Crippen LogP contribution in [0, 0.1) is 10.1 Å². The zero-order valence-electron chi connectivity index (χ0n) is 13.6. The maximum Gasteiger partial charge on any atom is 0.270 e. The Morgan fingerprint density at radius 2 is 2.00 bits per heavy atom. The van der Waals surface area contributed by atoms with Gasteiger partial charge < -0.3 is 5.32 Å². The van der Waals surface area contributed by atoms with E-state index in [0.717, 1.165) is 11.3 Å². The highest BCUT2D eigenvalue weighted by atomic mass is 35.5. The van der Waals surface area contributed by atoms with Gasteiger partial charge in [-0.3, -0.25) is 14.9 Å². The molecule has 7 nitrogen and oxygen atoms in total. The van der Waals surface area contributed by atoms with Crippen LogP contribution in [0.25, 0.3) is 5.69 Å². The van der Waals surface area contributed by atoms with Crippen molar-refractivity contribution in [3.63, 3.8) is 0 Å². The first kappa shape index (κ1) is 17.6. The van der Waals surface area contributed by atoms with Crippen LogP contribution < -0.4 is 5.32 Å². The Morgan fingerprint density at radius 1 is 1.23 bits per heavy atom. The van der Waals surface area contributed by atoms with Crippen LogP contribution in [0.15, 0.2) is 60.9 Å². The number of hydrogen-bond donors (Lipinski definition) is 1. The van der Waals surface area contributed by atoms with Crippen molar-refractivity contribution in [1.29, 1.82) is 0 Å². The number of halogens is 1. The van der Waals surface area contributed by atoms with E-state index in [-0.39, 0.29) is 22.2 Å². The summed E-state index contributed by atoms with van der Waals surface area (Å²) in [6, 6.07) is 13.5. The SMILES string of the molecule is O=C(NCCc1cnn(-c2ccccc2)c1)c1ccc([N+](=O)[O-])cc1Cl. The number of non-ortho nitro benzene ring substituents is 1. The lowest BCUT2D eigenvalue weighted by atomic mass is 10.2. The van der Waals surface area contributed by atoms with Gasteiger partial charge in [-0.05, 0) is 30.2 Å². The molecule has 132 valence electrons. The molecule has 3 aromatic rings. The molecule has 0 unspecified atom stereocenters. The van der Waals surface area contributed by atoms with E-state index >= 15 is 0 Å². The second-order valence-corrected chi connectivity index (χ2v) is 5.96. The van der Waals surface area contributed by atoms with Gasteiger partial charge >= 0.3 is 0 Å². The first-order valence-corrected chi connectivity index (χ1v) is 8.23. The summed E-state index contributed by atoms with van der Waals surface area (Å²) in [5.74, 6) is -0.375. The molecule has 0 radical (unpaired) electrons. The molecule has 8 heteroatoms. The molecule has 1 amide bonds. The van der Waals surface area contributed by atoms with Crippen molar-refractivity contribution < 1.29 is 9.72 Å². The van der Waals surface area contributed by atoms with Gasteiger partial charge in [0.1, 0.15) is 0 Å². The zero-order chi connectivity index (χ0) is 18.5. The van der Waals surface area contributed by atoms with Gasteiger partial charge in [-0.1, -0.05) is 29.8 Å². The first-order chi connectivity index (χ1) is 12.5. The standard InChI is InChI=1S/C18H15ClN4O3/c19-17-10-15(23(25)26)6-7-16(17)18(24)20-9-8-13-11-21-22(12-13)14-4-2-1-3-5-14/h1-7,10-12H,8-9H2,(H,20,24). The molecule has 0 saturated heterocycles. The molecule has 0 aliphatic heterocycles. The highest BCUT2D eigenvalue weighted by molar-refractivity contribution is 6.34. The molecule has 0 fully saturated rings. The van der Waals surface area contributed by atoms with Crippen LogP contribution in [0.5, 0.6) is 0 Å². The fourth-order valence-corrected chi connectivity index (χ4v) is 2.69. The molecule has 0 spiro atoms. The fraction of sp³-hybridized carbons (Fsp3) is 0.111. The number of para-hydroxylation sites is 1. The molecular formula is C18H15ClN4O3. The molecule has 0 bridgehead atoms. The summed E-state index contributed by atoms with van der Waals surface area (Å²) in [7, 11) is 0. The number of aromatic nitrogens is 2. The van der Waals surface area contributed by atoms with Crippen LogP contribution in [0.2, 0.25) is 5.02 Å². The number of benzene rings is 2. The van der Waals surface area contributed by atoms with Crippen LogP contribution >= 0.6 is 11.6 Å². The lowest BCUT2D eigenvalue weighted by Gasteiger charge is -2.06. The maximum atomic E-state index is 12.2. The van der Waals surface area contributed by atoms with Crippen molar-refractivity contribution in [2.24, 2.45) is 0 Å². The molecule has 1 aromatic heterocycles. The summed E-state index contributed by atoms with van der Waals surface area (Å²) >= 11 is 5.96. The average Bonchev–Trinajstić information content (AvgIpc) is 3.11. The van der Waals surface area contributed by atoms with E-state index in [0.29, 0.717) is 13.0 Å². The molecule has 0 atom stereocenters. The van der Waals surface area contributed by atoms with Crippen LogP contribution in [0.4, 0.5) is 5.69 Å². The number of hydrogen-bond acceptors (Lipinski definition) is 4. The van der Waals surface area contributed by atoms with Gasteiger partial charge in [0.05, 0.1) is 27.4 Å². The van der Waals surface area contributed by atoms with E-state index in [4.69, 9.17) is 11.6 Å². The third-order valence-corrected chi connectivity index (χ3v) is 4.08. The van der Waals surface area contributed by atoms with E-state index in [1.54, 1.807) is 10.9 Å². The predicted octanol–water partition coefficient (Wildman–Crippen LogP) is 3.41. The average molecular weight is 371 g/mol. The Balaban J connectivity index is 1.58. The minimum atomic E-state index is -0.558. The van der Waals surface area contributed by atoms with Gasteiger partial charge in [0.25, 0.3) is 11.6 Å². The van der Waals surface area contributed by atoms with E-state index in [9.17, 15) is 14.9 Å². The van der Waals surface area contributed by atoms with Gasteiger partial charge in [-0.25, -0.2) is 4.68 Å². The summed E-state index contributed by atoms with van der Waals surface area (Å²) < 4.78 is 1.77. The number of nitro benzene ring substituents is 1. The monoisotopic (exact) mass is 370 g/mol. The molecule has 0 saturated carbocycles. The normalized spacial score (nSPS) is 10.5. The molecule has 0 aliphatic rings. The third-order valence-electron chi connectivity index (χ3n) is 3.76. The second-order valence-electron chi connectivity index (χ2n) is 5.56. The lowest BCUT2D eigenvalue weighted by molar-refractivity contribution is -0.384. The van der Waals surface area contributed by atoms with Crippen LogP contribution in [0.1, 0.15) is 15.9 Å². The molecule has 1 N–H and O–H groups in total. The largest absolute Gasteiger partial charge is 0.352 e. The topological polar surface area (TPSA) is 90.1 Å². The fourth-order valence-electron chi connectivity index (χ4n) is 2.43. The summed E-state index contributed by atoms with van der Waals surface area (Å²) in [4.78, 5) is 22.3. The van der Waals surface area contributed by atoms with E-state index < -0.39 is 4.92 Å². The summed E-state index contributed by atoms with van der Waals surface area (Å²) in [5, 5.41) is 17.8. The van der Waals surface area contributed by atoms with Crippen molar-refractivity contribution in [1.82, 2.24) is 15.1 Å². The van der Waals surface area contributed by atoms with Crippen LogP contribution in [0.3, 0.4) is 0 Å². The van der Waals surface area contributed by atoms with Gasteiger partial charge in [0, 0.05) is 24.9 Å². The number of amides is 1. The van der Waals surface area contributed by atoms with Crippen molar-refractivity contribution in [2.45, 2.75) is 6.42 Å². The highest BCUT2D eigenvalue weighted by Gasteiger charge is 2.14. The number of nitrogens with zero attached hydrogens (tertiary/aromatic N) is 3. The summed E-state index contributed by atoms with van der Waals surface area (Å²) in [5.41, 5.74) is 1.99. The maximum absolute atomic E-state index is 12.2. The Bertz CT molecular complexity index is 941. The Labute approximate surface area is 154 Å². The van der Waals surface area contributed by atoms with E-state index in [2.05, 4.69) is 10.4 Å². The summed E-state index contributed by atoms with van der Waals surface area (Å²) in [6.45, 7) is 0.395. The van der Waals surface area contributed by atoms with E-state index in [1.807, 2.05) is 36.5 Å². The summed E-state index contributed by atoms with van der Waals surface area (Å²) in [6.07, 6.45) is 4.25.